The van der Waals surface area contributed by atoms with E-state index < -0.39 is 0 Å². The number of nitrogens with zero attached hydrogens (tertiary/aromatic N) is 4. The molecule has 1 saturated heterocycles. The van der Waals surface area contributed by atoms with E-state index in [1.165, 1.54) is 0 Å². The summed E-state index contributed by atoms with van der Waals surface area (Å²) >= 11 is 0. The third-order valence-electron chi connectivity index (χ3n) is 4.72. The van der Waals surface area contributed by atoms with E-state index >= 15 is 0 Å². The SMILES string of the molecule is COc1ccc(CNC(=O)CC(=O)N2CCN(c3ncccn3)CC2)cc1OC. The average molecular weight is 399 g/mol. The van der Waals surface area contributed by atoms with E-state index in [2.05, 4.69) is 15.3 Å². The van der Waals surface area contributed by atoms with E-state index in [4.69, 9.17) is 9.47 Å². The van der Waals surface area contributed by atoms with E-state index in [1.54, 1.807) is 49.7 Å². The number of hydrogen-bond acceptors (Lipinski definition) is 7. The first-order chi connectivity index (χ1) is 14.1. The van der Waals surface area contributed by atoms with Gasteiger partial charge in [-0.25, -0.2) is 9.97 Å². The highest BCUT2D eigenvalue weighted by Crippen LogP contribution is 2.27. The molecule has 1 N–H and O–H groups in total. The van der Waals surface area contributed by atoms with E-state index in [-0.39, 0.29) is 18.2 Å². The highest BCUT2D eigenvalue weighted by Gasteiger charge is 2.23. The van der Waals surface area contributed by atoms with Crippen molar-refractivity contribution in [1.82, 2.24) is 20.2 Å². The predicted octanol–water partition coefficient (Wildman–Crippen LogP) is 0.849. The van der Waals surface area contributed by atoms with Crippen molar-refractivity contribution in [3.05, 3.63) is 42.2 Å². The molecule has 0 saturated carbocycles. The van der Waals surface area contributed by atoms with Crippen molar-refractivity contribution in [3.8, 4) is 11.5 Å². The van der Waals surface area contributed by atoms with Crippen LogP contribution in [0.5, 0.6) is 11.5 Å². The number of aromatic nitrogens is 2. The highest BCUT2D eigenvalue weighted by molar-refractivity contribution is 5.96. The van der Waals surface area contributed by atoms with Crippen LogP contribution in [0.4, 0.5) is 5.95 Å². The molecule has 2 amide bonds. The van der Waals surface area contributed by atoms with Gasteiger partial charge in [0.05, 0.1) is 14.2 Å². The van der Waals surface area contributed by atoms with Crippen molar-refractivity contribution < 1.29 is 19.1 Å². The zero-order valence-corrected chi connectivity index (χ0v) is 16.6. The zero-order chi connectivity index (χ0) is 20.6. The molecule has 1 aromatic carbocycles. The standard InChI is InChI=1S/C20H25N5O4/c1-28-16-5-4-15(12-17(16)29-2)14-23-18(26)13-19(27)24-8-10-25(11-9-24)20-21-6-3-7-22-20/h3-7,12H,8-11,13-14H2,1-2H3,(H,23,26). The molecule has 2 aromatic rings. The minimum absolute atomic E-state index is 0.172. The summed E-state index contributed by atoms with van der Waals surface area (Å²) in [6.07, 6.45) is 3.22. The molecule has 0 aliphatic carbocycles. The predicted molar refractivity (Wildman–Crippen MR) is 107 cm³/mol. The Bertz CT molecular complexity index is 838. The Kier molecular flexibility index (Phi) is 6.83. The Morgan fingerprint density at radius 3 is 2.38 bits per heavy atom. The summed E-state index contributed by atoms with van der Waals surface area (Å²) in [5.41, 5.74) is 0.861. The molecule has 0 spiro atoms. The quantitative estimate of drug-likeness (QED) is 0.690. The number of benzene rings is 1. The van der Waals surface area contributed by atoms with Gasteiger partial charge in [-0.2, -0.15) is 0 Å². The van der Waals surface area contributed by atoms with Crippen LogP contribution < -0.4 is 19.7 Å². The summed E-state index contributed by atoms with van der Waals surface area (Å²) in [6, 6.07) is 7.19. The lowest BCUT2D eigenvalue weighted by Gasteiger charge is -2.34. The molecular formula is C20H25N5O4. The summed E-state index contributed by atoms with van der Waals surface area (Å²) < 4.78 is 10.5. The first-order valence-electron chi connectivity index (χ1n) is 9.38. The molecule has 0 radical (unpaired) electrons. The molecule has 1 fully saturated rings. The number of ether oxygens (including phenoxy) is 2. The molecule has 29 heavy (non-hydrogen) atoms. The van der Waals surface area contributed by atoms with Crippen LogP contribution in [0, 0.1) is 0 Å². The fourth-order valence-electron chi connectivity index (χ4n) is 3.11. The second kappa shape index (κ2) is 9.72. The zero-order valence-electron chi connectivity index (χ0n) is 16.6. The molecule has 9 heteroatoms. The largest absolute Gasteiger partial charge is 0.493 e. The fourth-order valence-corrected chi connectivity index (χ4v) is 3.11. The lowest BCUT2D eigenvalue weighted by Crippen LogP contribution is -2.50. The summed E-state index contributed by atoms with van der Waals surface area (Å²) in [5.74, 6) is 1.39. The Morgan fingerprint density at radius 1 is 1.03 bits per heavy atom. The molecule has 2 heterocycles. The Morgan fingerprint density at radius 2 is 1.72 bits per heavy atom. The number of amides is 2. The molecule has 3 rings (SSSR count). The van der Waals surface area contributed by atoms with Crippen LogP contribution in [0.25, 0.3) is 0 Å². The van der Waals surface area contributed by atoms with Gasteiger partial charge in [-0.15, -0.1) is 0 Å². The minimum atomic E-state index is -0.307. The fraction of sp³-hybridized carbons (Fsp3) is 0.400. The van der Waals surface area contributed by atoms with Crippen molar-refractivity contribution in [3.63, 3.8) is 0 Å². The maximum Gasteiger partial charge on any atom is 0.232 e. The van der Waals surface area contributed by atoms with Gasteiger partial charge in [-0.1, -0.05) is 6.07 Å². The molecule has 154 valence electrons. The molecule has 9 nitrogen and oxygen atoms in total. The first-order valence-corrected chi connectivity index (χ1v) is 9.38. The second-order valence-corrected chi connectivity index (χ2v) is 6.56. The molecule has 0 bridgehead atoms. The topological polar surface area (TPSA) is 96.9 Å². The van der Waals surface area contributed by atoms with Gasteiger partial charge in [-0.3, -0.25) is 9.59 Å². The van der Waals surface area contributed by atoms with E-state index in [0.29, 0.717) is 50.2 Å². The van der Waals surface area contributed by atoms with Crippen LogP contribution in [0.3, 0.4) is 0 Å². The number of nitrogens with one attached hydrogen (secondary N) is 1. The summed E-state index contributed by atoms with van der Waals surface area (Å²) in [5, 5.41) is 2.78. The highest BCUT2D eigenvalue weighted by atomic mass is 16.5. The van der Waals surface area contributed by atoms with Gasteiger partial charge in [0, 0.05) is 45.1 Å². The third-order valence-corrected chi connectivity index (χ3v) is 4.72. The van der Waals surface area contributed by atoms with Gasteiger partial charge < -0.3 is 24.6 Å². The number of methoxy groups -OCH3 is 2. The second-order valence-electron chi connectivity index (χ2n) is 6.56. The van der Waals surface area contributed by atoms with Gasteiger partial charge >= 0.3 is 0 Å². The maximum absolute atomic E-state index is 12.4. The average Bonchev–Trinajstić information content (AvgIpc) is 2.78. The molecule has 1 aromatic heterocycles. The molecule has 0 unspecified atom stereocenters. The van der Waals surface area contributed by atoms with Gasteiger partial charge in [0.2, 0.25) is 17.8 Å². The van der Waals surface area contributed by atoms with Crippen molar-refractivity contribution in [2.45, 2.75) is 13.0 Å². The Balaban J connectivity index is 1.44. The van der Waals surface area contributed by atoms with Crippen molar-refractivity contribution in [2.75, 3.05) is 45.3 Å². The molecular weight excluding hydrogens is 374 g/mol. The van der Waals surface area contributed by atoms with Crippen molar-refractivity contribution in [1.29, 1.82) is 0 Å². The lowest BCUT2D eigenvalue weighted by atomic mass is 10.2. The van der Waals surface area contributed by atoms with Gasteiger partial charge in [0.25, 0.3) is 0 Å². The summed E-state index contributed by atoms with van der Waals surface area (Å²) in [6.45, 7) is 2.68. The Hall–Kier alpha value is -3.36. The molecule has 1 aliphatic rings. The third kappa shape index (κ3) is 5.34. The van der Waals surface area contributed by atoms with Crippen LogP contribution in [0.2, 0.25) is 0 Å². The smallest absolute Gasteiger partial charge is 0.232 e. The number of rotatable bonds is 7. The van der Waals surface area contributed by atoms with Crippen LogP contribution in [0.15, 0.2) is 36.7 Å². The first kappa shape index (κ1) is 20.4. The number of carbonyl (C=O) groups is 2. The molecule has 0 atom stereocenters. The molecule has 1 aliphatic heterocycles. The van der Waals surface area contributed by atoms with Crippen molar-refractivity contribution >= 4 is 17.8 Å². The van der Waals surface area contributed by atoms with E-state index in [9.17, 15) is 9.59 Å². The minimum Gasteiger partial charge on any atom is -0.493 e. The monoisotopic (exact) mass is 399 g/mol. The lowest BCUT2D eigenvalue weighted by molar-refractivity contribution is -0.136. The van der Waals surface area contributed by atoms with Crippen LogP contribution in [-0.2, 0) is 16.1 Å². The summed E-state index contributed by atoms with van der Waals surface area (Å²) in [4.78, 5) is 36.8. The van der Waals surface area contributed by atoms with Crippen LogP contribution in [0.1, 0.15) is 12.0 Å². The Labute approximate surface area is 169 Å². The van der Waals surface area contributed by atoms with E-state index in [1.807, 2.05) is 11.0 Å². The van der Waals surface area contributed by atoms with Gasteiger partial charge in [-0.05, 0) is 23.8 Å². The van der Waals surface area contributed by atoms with Gasteiger partial charge in [0.15, 0.2) is 11.5 Å². The summed E-state index contributed by atoms with van der Waals surface area (Å²) in [7, 11) is 3.13. The van der Waals surface area contributed by atoms with E-state index in [0.717, 1.165) is 5.56 Å². The van der Waals surface area contributed by atoms with Crippen molar-refractivity contribution in [2.24, 2.45) is 0 Å². The van der Waals surface area contributed by atoms with Crippen LogP contribution in [-0.4, -0.2) is 67.1 Å². The number of piperazine rings is 1. The number of anilines is 1. The number of carbonyl (C=O) groups excluding carboxylic acids is 2. The normalized spacial score (nSPS) is 13.7. The van der Waals surface area contributed by atoms with Gasteiger partial charge in [0.1, 0.15) is 6.42 Å². The maximum atomic E-state index is 12.4. The number of hydrogen-bond donors (Lipinski definition) is 1. The van der Waals surface area contributed by atoms with Crippen LogP contribution >= 0.6 is 0 Å².